The molecule has 2 heterocycles. The second-order valence-electron chi connectivity index (χ2n) is 5.29. The zero-order valence-corrected chi connectivity index (χ0v) is 12.7. The Morgan fingerprint density at radius 3 is 3.10 bits per heavy atom. The summed E-state index contributed by atoms with van der Waals surface area (Å²) in [6, 6.07) is 9.65. The molecule has 3 rings (SSSR count). The second-order valence-corrected chi connectivity index (χ2v) is 5.73. The lowest BCUT2D eigenvalue weighted by Gasteiger charge is -2.19. The van der Waals surface area contributed by atoms with Gasteiger partial charge in [-0.3, -0.25) is 4.90 Å². The van der Waals surface area contributed by atoms with E-state index in [1.54, 1.807) is 6.26 Å². The lowest BCUT2D eigenvalue weighted by Crippen LogP contribution is -2.31. The minimum Gasteiger partial charge on any atom is -0.489 e. The summed E-state index contributed by atoms with van der Waals surface area (Å²) in [5.74, 6) is 1.81. The van der Waals surface area contributed by atoms with Gasteiger partial charge in [0.25, 0.3) is 0 Å². The second kappa shape index (κ2) is 6.37. The smallest absolute Gasteiger partial charge is 0.126 e. The molecule has 1 aromatic carbocycles. The summed E-state index contributed by atoms with van der Waals surface area (Å²) in [7, 11) is 0. The third-order valence-corrected chi connectivity index (χ3v) is 3.68. The van der Waals surface area contributed by atoms with Crippen molar-refractivity contribution >= 4 is 17.7 Å². The molecule has 0 saturated carbocycles. The van der Waals surface area contributed by atoms with Crippen molar-refractivity contribution < 1.29 is 9.15 Å². The number of nitrogens with zero attached hydrogens (tertiary/aromatic N) is 1. The van der Waals surface area contributed by atoms with Crippen LogP contribution in [0.25, 0.3) is 6.08 Å². The fraction of sp³-hybridized carbons (Fsp3) is 0.294. The van der Waals surface area contributed by atoms with Crippen LogP contribution in [0.4, 0.5) is 0 Å². The monoisotopic (exact) mass is 303 g/mol. The number of hydrogen-bond donors (Lipinski definition) is 0. The third-order valence-electron chi connectivity index (χ3n) is 3.45. The molecule has 1 aliphatic heterocycles. The normalized spacial score (nSPS) is 19.2. The number of halogens is 1. The Labute approximate surface area is 129 Å². The molecule has 1 unspecified atom stereocenters. The number of furan rings is 1. The first-order chi connectivity index (χ1) is 10.2. The van der Waals surface area contributed by atoms with Gasteiger partial charge in [0.05, 0.1) is 6.26 Å². The van der Waals surface area contributed by atoms with Crippen LogP contribution in [-0.2, 0) is 6.54 Å². The summed E-state index contributed by atoms with van der Waals surface area (Å²) >= 11 is 6.09. The molecule has 0 radical (unpaired) electrons. The van der Waals surface area contributed by atoms with Crippen molar-refractivity contribution in [2.75, 3.05) is 13.1 Å². The molecular formula is C17H18ClNO2. The number of benzene rings is 1. The zero-order valence-electron chi connectivity index (χ0n) is 12.0. The summed E-state index contributed by atoms with van der Waals surface area (Å²) in [5, 5.41) is 0.748. The van der Waals surface area contributed by atoms with E-state index < -0.39 is 0 Å². The predicted octanol–water partition coefficient (Wildman–Crippen LogP) is 4.23. The molecule has 1 atom stereocenters. The molecule has 0 fully saturated rings. The first-order valence-corrected chi connectivity index (χ1v) is 7.46. The lowest BCUT2D eigenvalue weighted by atomic mass is 10.2. The molecule has 0 amide bonds. The Kier molecular flexibility index (Phi) is 4.32. The van der Waals surface area contributed by atoms with Gasteiger partial charge < -0.3 is 9.15 Å². The molecule has 21 heavy (non-hydrogen) atoms. The van der Waals surface area contributed by atoms with E-state index in [0.717, 1.165) is 41.7 Å². The quantitative estimate of drug-likeness (QED) is 0.848. The minimum absolute atomic E-state index is 0.157. The average Bonchev–Trinajstić information content (AvgIpc) is 2.89. The Morgan fingerprint density at radius 1 is 1.38 bits per heavy atom. The molecule has 110 valence electrons. The Morgan fingerprint density at radius 2 is 2.29 bits per heavy atom. The molecule has 3 nitrogen and oxygen atoms in total. The minimum atomic E-state index is 0.157. The van der Waals surface area contributed by atoms with Gasteiger partial charge in [0.1, 0.15) is 17.6 Å². The molecule has 4 heteroatoms. The molecule has 2 aromatic rings. The van der Waals surface area contributed by atoms with Crippen LogP contribution in [0, 0.1) is 0 Å². The van der Waals surface area contributed by atoms with Crippen LogP contribution in [0.5, 0.6) is 5.75 Å². The van der Waals surface area contributed by atoms with Crippen LogP contribution < -0.4 is 4.74 Å². The van der Waals surface area contributed by atoms with Crippen LogP contribution in [-0.4, -0.2) is 24.1 Å². The van der Waals surface area contributed by atoms with Crippen LogP contribution >= 0.6 is 11.6 Å². The summed E-state index contributed by atoms with van der Waals surface area (Å²) in [6.45, 7) is 4.66. The maximum Gasteiger partial charge on any atom is 0.126 e. The first kappa shape index (κ1) is 14.2. The summed E-state index contributed by atoms with van der Waals surface area (Å²) < 4.78 is 11.2. The van der Waals surface area contributed by atoms with Crippen molar-refractivity contribution in [2.45, 2.75) is 19.6 Å². The van der Waals surface area contributed by atoms with Gasteiger partial charge in [0.2, 0.25) is 0 Å². The molecule has 0 spiro atoms. The van der Waals surface area contributed by atoms with Gasteiger partial charge in [0, 0.05) is 30.2 Å². The Bertz CT molecular complexity index is 622. The van der Waals surface area contributed by atoms with Gasteiger partial charge in [-0.25, -0.2) is 0 Å². The molecule has 0 aliphatic carbocycles. The van der Waals surface area contributed by atoms with Crippen LogP contribution in [0.3, 0.4) is 0 Å². The fourth-order valence-electron chi connectivity index (χ4n) is 2.55. The lowest BCUT2D eigenvalue weighted by molar-refractivity contribution is 0.170. The van der Waals surface area contributed by atoms with Crippen molar-refractivity contribution in [2.24, 2.45) is 0 Å². The van der Waals surface area contributed by atoms with Crippen LogP contribution in [0.2, 0.25) is 5.02 Å². The van der Waals surface area contributed by atoms with Gasteiger partial charge in [-0.2, -0.15) is 0 Å². The largest absolute Gasteiger partial charge is 0.489 e. The van der Waals surface area contributed by atoms with E-state index >= 15 is 0 Å². The number of hydrogen-bond acceptors (Lipinski definition) is 3. The van der Waals surface area contributed by atoms with E-state index in [-0.39, 0.29) is 6.10 Å². The summed E-state index contributed by atoms with van der Waals surface area (Å²) in [6.07, 6.45) is 5.94. The van der Waals surface area contributed by atoms with Gasteiger partial charge in [-0.15, -0.1) is 0 Å². The Balaban J connectivity index is 1.71. The van der Waals surface area contributed by atoms with Crippen molar-refractivity contribution in [3.05, 3.63) is 59.0 Å². The van der Waals surface area contributed by atoms with Gasteiger partial charge in [-0.05, 0) is 43.3 Å². The highest BCUT2D eigenvalue weighted by atomic mass is 35.5. The van der Waals surface area contributed by atoms with E-state index in [1.807, 2.05) is 36.4 Å². The third kappa shape index (κ3) is 3.69. The highest BCUT2D eigenvalue weighted by Crippen LogP contribution is 2.27. The van der Waals surface area contributed by atoms with Crippen molar-refractivity contribution in [3.63, 3.8) is 0 Å². The number of fused-ring (bicyclic) bond motifs is 1. The predicted molar refractivity (Wildman–Crippen MR) is 84.6 cm³/mol. The first-order valence-electron chi connectivity index (χ1n) is 7.08. The fourth-order valence-corrected chi connectivity index (χ4v) is 2.75. The molecule has 0 bridgehead atoms. The van der Waals surface area contributed by atoms with Crippen molar-refractivity contribution in [1.82, 2.24) is 4.90 Å². The van der Waals surface area contributed by atoms with Crippen molar-refractivity contribution in [1.29, 1.82) is 0 Å². The zero-order chi connectivity index (χ0) is 14.7. The van der Waals surface area contributed by atoms with E-state index in [1.165, 1.54) is 0 Å². The average molecular weight is 304 g/mol. The van der Waals surface area contributed by atoms with Crippen molar-refractivity contribution in [3.8, 4) is 5.75 Å². The SMILES string of the molecule is CC1CN(C/C=C/c2ccco2)Cc2cc(Cl)ccc2O1. The maximum atomic E-state index is 6.09. The van der Waals surface area contributed by atoms with E-state index in [0.29, 0.717) is 0 Å². The topological polar surface area (TPSA) is 25.6 Å². The standard InChI is InChI=1S/C17H18ClNO2/c1-13-11-19(8-2-4-16-5-3-9-20-16)12-14-10-15(18)6-7-17(14)21-13/h2-7,9-10,13H,8,11-12H2,1H3/b4-2+. The molecule has 1 aromatic heterocycles. The number of rotatable bonds is 3. The Hall–Kier alpha value is -1.71. The highest BCUT2D eigenvalue weighted by molar-refractivity contribution is 6.30. The molecular weight excluding hydrogens is 286 g/mol. The summed E-state index contributed by atoms with van der Waals surface area (Å²) in [5.41, 5.74) is 1.14. The van der Waals surface area contributed by atoms with Crippen LogP contribution in [0.15, 0.2) is 47.1 Å². The van der Waals surface area contributed by atoms with Crippen LogP contribution in [0.1, 0.15) is 18.2 Å². The number of ether oxygens (including phenoxy) is 1. The van der Waals surface area contributed by atoms with Gasteiger partial charge in [-0.1, -0.05) is 17.7 Å². The van der Waals surface area contributed by atoms with E-state index in [4.69, 9.17) is 20.8 Å². The van der Waals surface area contributed by atoms with Gasteiger partial charge >= 0.3 is 0 Å². The molecule has 0 N–H and O–H groups in total. The van der Waals surface area contributed by atoms with E-state index in [2.05, 4.69) is 17.9 Å². The van der Waals surface area contributed by atoms with E-state index in [9.17, 15) is 0 Å². The maximum absolute atomic E-state index is 6.09. The molecule has 0 saturated heterocycles. The highest BCUT2D eigenvalue weighted by Gasteiger charge is 2.19. The van der Waals surface area contributed by atoms with Gasteiger partial charge in [0.15, 0.2) is 0 Å². The molecule has 1 aliphatic rings. The summed E-state index contributed by atoms with van der Waals surface area (Å²) in [4.78, 5) is 2.34.